The number of rotatable bonds is 0. The smallest absolute Gasteiger partial charge is 0.397 e. The van der Waals surface area contributed by atoms with Gasteiger partial charge in [-0.05, 0) is 20.8 Å². The molecule has 0 saturated heterocycles. The first-order chi connectivity index (χ1) is 6.24. The van der Waals surface area contributed by atoms with Crippen molar-refractivity contribution < 1.29 is 34.6 Å². The molecule has 0 atom stereocenters. The molecule has 0 unspecified atom stereocenters. The topological polar surface area (TPSA) is 173 Å². The van der Waals surface area contributed by atoms with E-state index in [-0.39, 0.29) is 26.0 Å². The summed E-state index contributed by atoms with van der Waals surface area (Å²) in [6, 6.07) is 0. The van der Waals surface area contributed by atoms with Crippen molar-refractivity contribution in [2.75, 3.05) is 19.8 Å². The molecule has 0 aliphatic heterocycles. The van der Waals surface area contributed by atoms with Gasteiger partial charge in [0.1, 0.15) is 0 Å². The summed E-state index contributed by atoms with van der Waals surface area (Å²) in [6.07, 6.45) is 0. The van der Waals surface area contributed by atoms with Gasteiger partial charge in [-0.3, -0.25) is 0 Å². The van der Waals surface area contributed by atoms with Crippen molar-refractivity contribution in [3.63, 3.8) is 0 Å². The minimum Gasteiger partial charge on any atom is -0.397 e. The molecule has 100 valence electrons. The van der Waals surface area contributed by atoms with Crippen molar-refractivity contribution in [1.29, 1.82) is 0 Å². The Morgan fingerprint density at radius 2 is 0.800 bits per heavy atom. The number of hydrogen-bond acceptors (Lipinski definition) is 5. The second kappa shape index (κ2) is 29.2. The van der Waals surface area contributed by atoms with Gasteiger partial charge >= 0.3 is 7.82 Å². The van der Waals surface area contributed by atoms with Crippen LogP contribution in [0.4, 0.5) is 0 Å². The van der Waals surface area contributed by atoms with Crippen molar-refractivity contribution >= 4 is 7.82 Å². The molecule has 0 saturated carbocycles. The standard InChI is InChI=1S/3C2H6O.H3N.H3O4P/c3*1-2-3;;1-5(2,3)4/h3*3H,2H2,1H3;1H3;(H3,1,2,3,4). The average molecular weight is 253 g/mol. The molecule has 0 spiro atoms. The van der Waals surface area contributed by atoms with Crippen LogP contribution in [0.15, 0.2) is 0 Å². The Kier molecular flexibility index (Phi) is 57.2. The van der Waals surface area contributed by atoms with Gasteiger partial charge in [0.15, 0.2) is 0 Å². The Bertz CT molecular complexity index is 94.6. The second-order valence-corrected chi connectivity index (χ2v) is 2.49. The van der Waals surface area contributed by atoms with Gasteiger partial charge in [0.25, 0.3) is 0 Å². The number of aliphatic hydroxyl groups is 3. The monoisotopic (exact) mass is 253 g/mol. The molecule has 0 aliphatic rings. The van der Waals surface area contributed by atoms with Gasteiger partial charge < -0.3 is 36.2 Å². The molecule has 0 aliphatic carbocycles. The first kappa shape index (κ1) is 29.4. The molecule has 0 aromatic heterocycles. The Morgan fingerprint density at radius 3 is 0.800 bits per heavy atom. The third kappa shape index (κ3) is 797000. The lowest BCUT2D eigenvalue weighted by Gasteiger charge is -1.82. The summed E-state index contributed by atoms with van der Waals surface area (Å²) in [5, 5.41) is 22.7. The summed E-state index contributed by atoms with van der Waals surface area (Å²) in [4.78, 5) is 21.6. The molecular formula is C6H24NO7P. The van der Waals surface area contributed by atoms with Gasteiger partial charge in [-0.25, -0.2) is 4.57 Å². The quantitative estimate of drug-likeness (QED) is 0.275. The predicted octanol–water partition coefficient (Wildman–Crippen LogP) is -0.771. The highest BCUT2D eigenvalue weighted by Crippen LogP contribution is 2.25. The lowest BCUT2D eigenvalue weighted by Crippen LogP contribution is -1.66. The fourth-order valence-electron chi connectivity index (χ4n) is 0. The van der Waals surface area contributed by atoms with Crippen molar-refractivity contribution in [2.24, 2.45) is 0 Å². The van der Waals surface area contributed by atoms with Crippen LogP contribution in [0.1, 0.15) is 20.8 Å². The van der Waals surface area contributed by atoms with Crippen LogP contribution < -0.4 is 6.15 Å². The van der Waals surface area contributed by atoms with Crippen molar-refractivity contribution in [3.05, 3.63) is 0 Å². The molecular weight excluding hydrogens is 229 g/mol. The Hall–Kier alpha value is -0.0500. The highest BCUT2D eigenvalue weighted by molar-refractivity contribution is 7.45. The zero-order chi connectivity index (χ0) is 12.6. The summed E-state index contributed by atoms with van der Waals surface area (Å²) in [5.74, 6) is 0. The maximum atomic E-state index is 8.88. The second-order valence-electron chi connectivity index (χ2n) is 1.46. The maximum absolute atomic E-state index is 8.88. The highest BCUT2D eigenvalue weighted by atomic mass is 31.2. The van der Waals surface area contributed by atoms with E-state index in [9.17, 15) is 0 Å². The molecule has 0 amide bonds. The molecule has 0 aromatic rings. The van der Waals surface area contributed by atoms with Crippen LogP contribution in [0.3, 0.4) is 0 Å². The van der Waals surface area contributed by atoms with E-state index in [4.69, 9.17) is 34.6 Å². The first-order valence-corrected chi connectivity index (χ1v) is 5.42. The van der Waals surface area contributed by atoms with Gasteiger partial charge in [-0.2, -0.15) is 0 Å². The largest absolute Gasteiger partial charge is 0.466 e. The van der Waals surface area contributed by atoms with Crippen LogP contribution in [-0.2, 0) is 4.57 Å². The van der Waals surface area contributed by atoms with Gasteiger partial charge in [0, 0.05) is 19.8 Å². The third-order valence-corrected chi connectivity index (χ3v) is 0. The van der Waals surface area contributed by atoms with Gasteiger partial charge in [0.2, 0.25) is 0 Å². The molecule has 8 nitrogen and oxygen atoms in total. The number of hydrogen-bond donors (Lipinski definition) is 7. The number of aliphatic hydroxyl groups excluding tert-OH is 3. The zero-order valence-corrected chi connectivity index (χ0v) is 10.3. The van der Waals surface area contributed by atoms with Gasteiger partial charge in [0.05, 0.1) is 0 Å². The first-order valence-electron chi connectivity index (χ1n) is 3.85. The van der Waals surface area contributed by atoms with E-state index >= 15 is 0 Å². The van der Waals surface area contributed by atoms with E-state index in [0.717, 1.165) is 0 Å². The van der Waals surface area contributed by atoms with E-state index in [1.54, 1.807) is 20.8 Å². The van der Waals surface area contributed by atoms with Crippen LogP contribution in [0.25, 0.3) is 0 Å². The minimum atomic E-state index is -4.64. The molecule has 0 fully saturated rings. The highest BCUT2D eigenvalue weighted by Gasteiger charge is 2.00. The summed E-state index contributed by atoms with van der Waals surface area (Å²) < 4.78 is 8.88. The van der Waals surface area contributed by atoms with Crippen LogP contribution in [0, 0.1) is 0 Å². The minimum absolute atomic E-state index is 0. The molecule has 0 bridgehead atoms. The molecule has 0 rings (SSSR count). The fraction of sp³-hybridized carbons (Fsp3) is 1.00. The molecule has 9 N–H and O–H groups in total. The van der Waals surface area contributed by atoms with E-state index in [2.05, 4.69) is 0 Å². The van der Waals surface area contributed by atoms with Gasteiger partial charge in [-0.15, -0.1) is 0 Å². The lowest BCUT2D eigenvalue weighted by atomic mass is 10.9. The van der Waals surface area contributed by atoms with E-state index < -0.39 is 7.82 Å². The van der Waals surface area contributed by atoms with Crippen molar-refractivity contribution in [3.8, 4) is 0 Å². The molecule has 0 aromatic carbocycles. The van der Waals surface area contributed by atoms with Crippen molar-refractivity contribution in [1.82, 2.24) is 6.15 Å². The van der Waals surface area contributed by atoms with Crippen molar-refractivity contribution in [2.45, 2.75) is 20.8 Å². The summed E-state index contributed by atoms with van der Waals surface area (Å²) in [5.41, 5.74) is 0. The van der Waals surface area contributed by atoms with E-state index in [0.29, 0.717) is 0 Å². The average Bonchev–Trinajstić information content (AvgIpc) is 1.86. The fourth-order valence-corrected chi connectivity index (χ4v) is 0. The Morgan fingerprint density at radius 1 is 0.800 bits per heavy atom. The third-order valence-electron chi connectivity index (χ3n) is 0. The van der Waals surface area contributed by atoms with E-state index in [1.165, 1.54) is 0 Å². The Balaban J connectivity index is -0.0000000300. The van der Waals surface area contributed by atoms with Crippen LogP contribution in [-0.4, -0.2) is 49.8 Å². The SMILES string of the molecule is CCO.CCO.CCO.N.O=P(O)(O)O. The predicted molar refractivity (Wildman–Crippen MR) is 57.6 cm³/mol. The molecule has 0 radical (unpaired) electrons. The maximum Gasteiger partial charge on any atom is 0.466 e. The zero-order valence-electron chi connectivity index (χ0n) is 9.37. The summed E-state index contributed by atoms with van der Waals surface area (Å²) in [7, 11) is -4.64. The normalized spacial score (nSPS) is 7.53. The number of phosphoric acid groups is 1. The van der Waals surface area contributed by atoms with Crippen LogP contribution >= 0.6 is 7.82 Å². The van der Waals surface area contributed by atoms with E-state index in [1.807, 2.05) is 0 Å². The summed E-state index contributed by atoms with van der Waals surface area (Å²) >= 11 is 0. The van der Waals surface area contributed by atoms with Crippen LogP contribution in [0.5, 0.6) is 0 Å². The summed E-state index contributed by atoms with van der Waals surface area (Å²) in [6.45, 7) is 5.79. The Labute approximate surface area is 90.0 Å². The molecule has 0 heterocycles. The lowest BCUT2D eigenvalue weighted by molar-refractivity contribution is 0.275. The van der Waals surface area contributed by atoms with Gasteiger partial charge in [-0.1, -0.05) is 0 Å². The van der Waals surface area contributed by atoms with Crippen LogP contribution in [0.2, 0.25) is 0 Å². The molecule has 9 heteroatoms. The molecule has 15 heavy (non-hydrogen) atoms.